The molecule has 7 nitrogen and oxygen atoms in total. The van der Waals surface area contributed by atoms with Crippen LogP contribution in [0.15, 0.2) is 70.9 Å². The van der Waals surface area contributed by atoms with E-state index in [-0.39, 0.29) is 22.6 Å². The van der Waals surface area contributed by atoms with Crippen molar-refractivity contribution in [2.45, 2.75) is 11.8 Å². The van der Waals surface area contributed by atoms with Gasteiger partial charge in [-0.3, -0.25) is 9.10 Å². The first kappa shape index (κ1) is 21.5. The number of nitrogens with one attached hydrogen (secondary N) is 1. The fourth-order valence-electron chi connectivity index (χ4n) is 2.84. The monoisotopic (exact) mass is 444 g/mol. The van der Waals surface area contributed by atoms with Gasteiger partial charge in [-0.1, -0.05) is 18.2 Å². The minimum Gasteiger partial charge on any atom is -0.465 e. The summed E-state index contributed by atoms with van der Waals surface area (Å²) in [6.07, 6.45) is 0. The highest BCUT2D eigenvalue weighted by molar-refractivity contribution is 7.92. The van der Waals surface area contributed by atoms with E-state index in [9.17, 15) is 18.0 Å². The molecular weight excluding hydrogens is 424 g/mol. The average molecular weight is 445 g/mol. The molecule has 0 aliphatic carbocycles. The summed E-state index contributed by atoms with van der Waals surface area (Å²) in [5.41, 5.74) is 1.09. The molecule has 0 aliphatic heterocycles. The molecule has 30 heavy (non-hydrogen) atoms. The second-order valence-electron chi connectivity index (χ2n) is 6.14. The van der Waals surface area contributed by atoms with Gasteiger partial charge in [0.1, 0.15) is 5.00 Å². The number of benzene rings is 2. The van der Waals surface area contributed by atoms with E-state index in [1.165, 1.54) is 47.0 Å². The molecule has 0 saturated heterocycles. The average Bonchev–Trinajstić information content (AvgIpc) is 3.22. The van der Waals surface area contributed by atoms with E-state index in [2.05, 4.69) is 5.32 Å². The van der Waals surface area contributed by atoms with Gasteiger partial charge in [0.05, 0.1) is 23.3 Å². The van der Waals surface area contributed by atoms with E-state index in [1.807, 2.05) is 6.07 Å². The summed E-state index contributed by atoms with van der Waals surface area (Å²) in [4.78, 5) is 24.4. The van der Waals surface area contributed by atoms with Crippen molar-refractivity contribution in [1.82, 2.24) is 0 Å². The molecule has 2 aromatic carbocycles. The molecule has 3 rings (SSSR count). The molecule has 0 bridgehead atoms. The maximum absolute atomic E-state index is 13.0. The second-order valence-corrected chi connectivity index (χ2v) is 8.92. The minimum atomic E-state index is -3.78. The number of carbonyl (C=O) groups is 2. The summed E-state index contributed by atoms with van der Waals surface area (Å²) in [6, 6.07) is 16.0. The Labute approximate surface area is 179 Å². The summed E-state index contributed by atoms with van der Waals surface area (Å²) in [5.74, 6) is -1.00. The molecule has 3 aromatic rings. The number of hydrogen-bond donors (Lipinski definition) is 1. The van der Waals surface area contributed by atoms with Gasteiger partial charge in [-0.2, -0.15) is 0 Å². The highest BCUT2D eigenvalue weighted by Gasteiger charge is 2.24. The van der Waals surface area contributed by atoms with Crippen molar-refractivity contribution in [3.05, 3.63) is 77.2 Å². The molecule has 156 valence electrons. The molecule has 0 fully saturated rings. The minimum absolute atomic E-state index is 0.0797. The quantitative estimate of drug-likeness (QED) is 0.556. The van der Waals surface area contributed by atoms with E-state index in [4.69, 9.17) is 4.74 Å². The molecule has 9 heteroatoms. The Bertz CT molecular complexity index is 1140. The molecule has 0 saturated carbocycles. The molecule has 1 N–H and O–H groups in total. The Kier molecular flexibility index (Phi) is 6.53. The number of rotatable bonds is 7. The normalized spacial score (nSPS) is 11.0. The van der Waals surface area contributed by atoms with Gasteiger partial charge in [-0.25, -0.2) is 13.2 Å². The molecule has 0 aliphatic rings. The number of methoxy groups -OCH3 is 1. The highest BCUT2D eigenvalue weighted by Crippen LogP contribution is 2.26. The Balaban J connectivity index is 1.81. The number of anilines is 2. The van der Waals surface area contributed by atoms with Crippen molar-refractivity contribution < 1.29 is 22.7 Å². The van der Waals surface area contributed by atoms with Gasteiger partial charge in [0.25, 0.3) is 15.9 Å². The fourth-order valence-corrected chi connectivity index (χ4v) is 5.09. The van der Waals surface area contributed by atoms with Gasteiger partial charge in [0, 0.05) is 12.1 Å². The van der Waals surface area contributed by atoms with Crippen LogP contribution in [0.5, 0.6) is 0 Å². The van der Waals surface area contributed by atoms with Crippen LogP contribution in [0.2, 0.25) is 0 Å². The Morgan fingerprint density at radius 2 is 1.70 bits per heavy atom. The number of nitrogens with zero attached hydrogens (tertiary/aromatic N) is 1. The number of hydrogen-bond acceptors (Lipinski definition) is 6. The van der Waals surface area contributed by atoms with E-state index >= 15 is 0 Å². The number of carbonyl (C=O) groups excluding carboxylic acids is 2. The SMILES string of the molecule is CCN(c1ccccc1)S(=O)(=O)c1ccc(C(=O)Nc2sccc2C(=O)OC)cc1. The lowest BCUT2D eigenvalue weighted by Gasteiger charge is -2.23. The smallest absolute Gasteiger partial charge is 0.340 e. The number of thiophene rings is 1. The van der Waals surface area contributed by atoms with Gasteiger partial charge in [0.2, 0.25) is 0 Å². The van der Waals surface area contributed by atoms with Crippen LogP contribution in [0, 0.1) is 0 Å². The number of para-hydroxylation sites is 1. The molecule has 0 unspecified atom stereocenters. The molecule has 1 amide bonds. The fraction of sp³-hybridized carbons (Fsp3) is 0.143. The number of esters is 1. The lowest BCUT2D eigenvalue weighted by molar-refractivity contribution is 0.0602. The second kappa shape index (κ2) is 9.10. The predicted molar refractivity (Wildman–Crippen MR) is 117 cm³/mol. The summed E-state index contributed by atoms with van der Waals surface area (Å²) < 4.78 is 32.1. The zero-order chi connectivity index (χ0) is 21.7. The van der Waals surface area contributed by atoms with Gasteiger partial charge in [-0.15, -0.1) is 11.3 Å². The molecule has 1 aromatic heterocycles. The van der Waals surface area contributed by atoms with Gasteiger partial charge >= 0.3 is 5.97 Å². The van der Waals surface area contributed by atoms with Crippen LogP contribution in [0.1, 0.15) is 27.6 Å². The zero-order valence-electron chi connectivity index (χ0n) is 16.4. The van der Waals surface area contributed by atoms with E-state index in [0.717, 1.165) is 0 Å². The summed E-state index contributed by atoms with van der Waals surface area (Å²) >= 11 is 1.19. The van der Waals surface area contributed by atoms with Crippen LogP contribution in [-0.2, 0) is 14.8 Å². The van der Waals surface area contributed by atoms with Crippen molar-refractivity contribution in [1.29, 1.82) is 0 Å². The maximum Gasteiger partial charge on any atom is 0.340 e. The van der Waals surface area contributed by atoms with Gasteiger partial charge in [0.15, 0.2) is 0 Å². The molecule has 1 heterocycles. The first-order valence-corrected chi connectivity index (χ1v) is 11.4. The molecule has 0 spiro atoms. The number of ether oxygens (including phenoxy) is 1. The summed E-state index contributed by atoms with van der Waals surface area (Å²) in [7, 11) is -2.51. The highest BCUT2D eigenvalue weighted by atomic mass is 32.2. The van der Waals surface area contributed by atoms with Crippen molar-refractivity contribution in [2.75, 3.05) is 23.3 Å². The third kappa shape index (κ3) is 4.37. The van der Waals surface area contributed by atoms with Crippen molar-refractivity contribution >= 4 is 43.9 Å². The standard InChI is InChI=1S/C21H20N2O5S2/c1-3-23(16-7-5-4-6-8-16)30(26,27)17-11-9-15(10-12-17)19(24)22-20-18(13-14-29-20)21(25)28-2/h4-14H,3H2,1-2H3,(H,22,24). The maximum atomic E-state index is 13.0. The van der Waals surface area contributed by atoms with Gasteiger partial charge in [-0.05, 0) is 54.8 Å². The zero-order valence-corrected chi connectivity index (χ0v) is 18.0. The van der Waals surface area contributed by atoms with Gasteiger partial charge < -0.3 is 10.1 Å². The first-order chi connectivity index (χ1) is 14.4. The Morgan fingerprint density at radius 3 is 2.30 bits per heavy atom. The number of amides is 1. The lowest BCUT2D eigenvalue weighted by Crippen LogP contribution is -2.30. The van der Waals surface area contributed by atoms with Crippen molar-refractivity contribution in [3.63, 3.8) is 0 Å². The Hall–Kier alpha value is -3.17. The third-order valence-corrected chi connectivity index (χ3v) is 7.08. The van der Waals surface area contributed by atoms with Crippen LogP contribution in [0.25, 0.3) is 0 Å². The lowest BCUT2D eigenvalue weighted by atomic mass is 10.2. The van der Waals surface area contributed by atoms with Crippen molar-refractivity contribution in [3.8, 4) is 0 Å². The molecular formula is C21H20N2O5S2. The molecule has 0 radical (unpaired) electrons. The largest absolute Gasteiger partial charge is 0.465 e. The van der Waals surface area contributed by atoms with E-state index in [0.29, 0.717) is 10.7 Å². The van der Waals surface area contributed by atoms with Crippen LogP contribution in [-0.4, -0.2) is 33.9 Å². The van der Waals surface area contributed by atoms with Crippen LogP contribution in [0.3, 0.4) is 0 Å². The summed E-state index contributed by atoms with van der Waals surface area (Å²) in [5, 5.41) is 4.69. The summed E-state index contributed by atoms with van der Waals surface area (Å²) in [6.45, 7) is 2.02. The van der Waals surface area contributed by atoms with Crippen LogP contribution < -0.4 is 9.62 Å². The third-order valence-electron chi connectivity index (χ3n) is 4.33. The molecule has 0 atom stereocenters. The first-order valence-electron chi connectivity index (χ1n) is 9.03. The van der Waals surface area contributed by atoms with Crippen molar-refractivity contribution in [2.24, 2.45) is 0 Å². The predicted octanol–water partition coefficient (Wildman–Crippen LogP) is 4.00. The topological polar surface area (TPSA) is 92.8 Å². The van der Waals surface area contributed by atoms with Crippen LogP contribution in [0.4, 0.5) is 10.7 Å². The Morgan fingerprint density at radius 1 is 1.03 bits per heavy atom. The van der Waals surface area contributed by atoms with Crippen LogP contribution >= 0.6 is 11.3 Å². The van der Waals surface area contributed by atoms with E-state index in [1.54, 1.807) is 42.6 Å². The number of sulfonamides is 1. The van der Waals surface area contributed by atoms with E-state index < -0.39 is 21.9 Å².